The number of rotatable bonds is 29. The summed E-state index contributed by atoms with van der Waals surface area (Å²) in [7, 11) is 0. The van der Waals surface area contributed by atoms with Crippen molar-refractivity contribution in [3.05, 3.63) is 0 Å². The van der Waals surface area contributed by atoms with E-state index < -0.39 is 0 Å². The van der Waals surface area contributed by atoms with Crippen LogP contribution in [0.25, 0.3) is 0 Å². The van der Waals surface area contributed by atoms with Crippen molar-refractivity contribution in [2.24, 2.45) is 0 Å². The summed E-state index contributed by atoms with van der Waals surface area (Å²) in [5.41, 5.74) is 2.43. The molecule has 0 bridgehead atoms. The molecule has 0 aliphatic rings. The van der Waals surface area contributed by atoms with Gasteiger partial charge in [0.05, 0.1) is 12.6 Å². The molecule has 0 aromatic heterocycles. The second kappa shape index (κ2) is 35.1. The van der Waals surface area contributed by atoms with Crippen molar-refractivity contribution in [2.75, 3.05) is 6.54 Å². The van der Waals surface area contributed by atoms with Gasteiger partial charge in [-0.2, -0.15) is 0 Å². The molecule has 0 spiro atoms. The Kier molecular flexibility index (Phi) is 36.2. The smallest absolute Gasteiger partial charge is 0.324 e. The van der Waals surface area contributed by atoms with E-state index >= 15 is 0 Å². The minimum Gasteiger partial charge on any atom is -0.393 e. The van der Waals surface area contributed by atoms with Crippen molar-refractivity contribution in [1.82, 2.24) is 5.48 Å². The third-order valence-corrected chi connectivity index (χ3v) is 7.33. The number of ketones is 1. The lowest BCUT2D eigenvalue weighted by molar-refractivity contribution is -0.151. The van der Waals surface area contributed by atoms with Crippen molar-refractivity contribution in [3.63, 3.8) is 0 Å². The molecule has 0 aromatic carbocycles. The fraction of sp³-hybridized carbons (Fsp3) is 0.941. The van der Waals surface area contributed by atoms with E-state index in [1.54, 1.807) is 6.92 Å². The third-order valence-electron chi connectivity index (χ3n) is 7.33. The maximum Gasteiger partial charge on any atom is 0.324 e. The van der Waals surface area contributed by atoms with Crippen LogP contribution in [0.3, 0.4) is 0 Å². The highest BCUT2D eigenvalue weighted by Crippen LogP contribution is 2.14. The monoisotopic (exact) mass is 556 g/mol. The van der Waals surface area contributed by atoms with E-state index in [4.69, 9.17) is 0 Å². The molecule has 0 fully saturated rings. The second-order valence-electron chi connectivity index (χ2n) is 11.4. The van der Waals surface area contributed by atoms with Crippen molar-refractivity contribution in [3.8, 4) is 0 Å². The zero-order chi connectivity index (χ0) is 29.2. The predicted molar refractivity (Wildman–Crippen MR) is 168 cm³/mol. The Morgan fingerprint density at radius 1 is 0.564 bits per heavy atom. The molecule has 0 aliphatic heterocycles. The summed E-state index contributed by atoms with van der Waals surface area (Å²) in [6.07, 6.45) is 31.6. The molecule has 0 amide bonds. The zero-order valence-electron chi connectivity index (χ0n) is 26.8. The number of nitrogens with one attached hydrogen (secondary N) is 1. The Labute approximate surface area is 244 Å². The molecule has 5 nitrogen and oxygen atoms in total. The van der Waals surface area contributed by atoms with Gasteiger partial charge in [0.15, 0.2) is 0 Å². The topological polar surface area (TPSA) is 75.6 Å². The molecular formula is C34H69NO4. The van der Waals surface area contributed by atoms with Crippen LogP contribution in [0.2, 0.25) is 0 Å². The van der Waals surface area contributed by atoms with Gasteiger partial charge in [-0.3, -0.25) is 9.59 Å². The highest BCUT2D eigenvalue weighted by Gasteiger charge is 2.04. The van der Waals surface area contributed by atoms with Gasteiger partial charge in [0.2, 0.25) is 0 Å². The van der Waals surface area contributed by atoms with Crippen LogP contribution in [0, 0.1) is 0 Å². The Morgan fingerprint density at radius 3 is 1.33 bits per heavy atom. The van der Waals surface area contributed by atoms with Crippen LogP contribution in [0.4, 0.5) is 0 Å². The average Bonchev–Trinajstić information content (AvgIpc) is 2.93. The van der Waals surface area contributed by atoms with E-state index in [-0.39, 0.29) is 24.4 Å². The predicted octanol–water partition coefficient (Wildman–Crippen LogP) is 10.2. The first-order valence-corrected chi connectivity index (χ1v) is 17.1. The Bertz CT molecular complexity index is 498. The minimum atomic E-state index is -0.331. The molecule has 234 valence electrons. The van der Waals surface area contributed by atoms with Gasteiger partial charge in [0.25, 0.3) is 0 Å². The lowest BCUT2D eigenvalue weighted by atomic mass is 10.0. The van der Waals surface area contributed by atoms with Crippen LogP contribution in [-0.4, -0.2) is 29.5 Å². The number of hydroxylamine groups is 1. The van der Waals surface area contributed by atoms with Crippen molar-refractivity contribution in [1.29, 1.82) is 0 Å². The van der Waals surface area contributed by atoms with Crippen LogP contribution in [-0.2, 0) is 14.4 Å². The zero-order valence-corrected chi connectivity index (χ0v) is 26.8. The molecule has 5 heteroatoms. The summed E-state index contributed by atoms with van der Waals surface area (Å²) >= 11 is 0. The summed E-state index contributed by atoms with van der Waals surface area (Å²) in [6, 6.07) is 0. The van der Waals surface area contributed by atoms with Crippen LogP contribution < -0.4 is 5.48 Å². The number of hydrogen-bond acceptors (Lipinski definition) is 5. The Hall–Kier alpha value is -0.940. The van der Waals surface area contributed by atoms with Gasteiger partial charge in [0, 0.05) is 12.8 Å². The van der Waals surface area contributed by atoms with E-state index in [1.165, 1.54) is 128 Å². The summed E-state index contributed by atoms with van der Waals surface area (Å²) in [5, 5.41) is 9.79. The van der Waals surface area contributed by atoms with Crippen LogP contribution >= 0.6 is 0 Å². The normalized spacial score (nSPS) is 11.6. The first-order valence-electron chi connectivity index (χ1n) is 17.1. The summed E-state index contributed by atoms with van der Waals surface area (Å²) < 4.78 is 0. The van der Waals surface area contributed by atoms with Crippen LogP contribution in [0.15, 0.2) is 0 Å². The molecule has 0 saturated carbocycles. The fourth-order valence-electron chi connectivity index (χ4n) is 4.63. The summed E-state index contributed by atoms with van der Waals surface area (Å²) in [6.45, 7) is 8.59. The highest BCUT2D eigenvalue weighted by molar-refractivity contribution is 5.80. The van der Waals surface area contributed by atoms with E-state index in [1.807, 2.05) is 0 Å². The van der Waals surface area contributed by atoms with Gasteiger partial charge in [-0.15, -0.1) is 5.48 Å². The molecule has 1 atom stereocenters. The number of carbonyl (C=O) groups excluding carboxylic acids is 2. The van der Waals surface area contributed by atoms with Gasteiger partial charge in [0.1, 0.15) is 5.78 Å². The Balaban J connectivity index is 0. The minimum absolute atomic E-state index is 0.0255. The molecule has 0 aromatic rings. The number of aliphatic hydroxyl groups is 1. The van der Waals surface area contributed by atoms with Gasteiger partial charge in [-0.1, -0.05) is 163 Å². The first-order chi connectivity index (χ1) is 19.0. The molecule has 0 aliphatic carbocycles. The molecule has 39 heavy (non-hydrogen) atoms. The molecule has 0 radical (unpaired) electrons. The van der Waals surface area contributed by atoms with Gasteiger partial charge in [-0.05, 0) is 19.3 Å². The number of Topliss-reactive ketones (excluding diaryl/α,β-unsaturated/α-hetero) is 1. The molecule has 0 rings (SSSR count). The van der Waals surface area contributed by atoms with E-state index in [9.17, 15) is 14.7 Å². The standard InChI is InChI=1S/C18H35NO3.C16H34O/c1-3-5-6-7-8-9-10-11-12-13-14-15-17(20)16-19-22-18(21)4-2;1-3-5-7-9-10-11-13-15-16(17)14-12-8-6-4-2/h19H,3-16H2,1-2H3;16-17H,3-15H2,1-2H3. The van der Waals surface area contributed by atoms with Crippen molar-refractivity contribution >= 4 is 11.8 Å². The van der Waals surface area contributed by atoms with Gasteiger partial charge in [-0.25, -0.2) is 0 Å². The molecule has 1 unspecified atom stereocenters. The van der Waals surface area contributed by atoms with E-state index in [0.717, 1.165) is 25.7 Å². The molecular weight excluding hydrogens is 486 g/mol. The average molecular weight is 556 g/mol. The number of hydrogen-bond donors (Lipinski definition) is 2. The Morgan fingerprint density at radius 2 is 0.923 bits per heavy atom. The van der Waals surface area contributed by atoms with Crippen LogP contribution in [0.1, 0.15) is 195 Å². The van der Waals surface area contributed by atoms with Crippen molar-refractivity contribution < 1.29 is 19.5 Å². The van der Waals surface area contributed by atoms with Gasteiger partial charge < -0.3 is 9.94 Å². The van der Waals surface area contributed by atoms with E-state index in [0.29, 0.717) is 12.8 Å². The molecule has 0 heterocycles. The second-order valence-corrected chi connectivity index (χ2v) is 11.4. The largest absolute Gasteiger partial charge is 0.393 e. The lowest BCUT2D eigenvalue weighted by Crippen LogP contribution is -2.25. The molecule has 2 N–H and O–H groups in total. The summed E-state index contributed by atoms with van der Waals surface area (Å²) in [4.78, 5) is 27.0. The fourth-order valence-corrected chi connectivity index (χ4v) is 4.63. The maximum absolute atomic E-state index is 11.5. The quantitative estimate of drug-likeness (QED) is 0.0709. The molecule has 0 saturated heterocycles. The maximum atomic E-state index is 11.5. The number of aliphatic hydroxyl groups excluding tert-OH is 1. The lowest BCUT2D eigenvalue weighted by Gasteiger charge is -2.09. The SMILES string of the molecule is CCCCCCCCCC(O)CCCCCC.CCCCCCCCCCCCCC(=O)CNOC(=O)CC. The third kappa shape index (κ3) is 37.1. The highest BCUT2D eigenvalue weighted by atomic mass is 16.7. The van der Waals surface area contributed by atoms with E-state index in [2.05, 4.69) is 31.1 Å². The van der Waals surface area contributed by atoms with Gasteiger partial charge >= 0.3 is 5.97 Å². The van der Waals surface area contributed by atoms with Crippen LogP contribution in [0.5, 0.6) is 0 Å². The number of unbranched alkanes of at least 4 members (excludes halogenated alkanes) is 19. The van der Waals surface area contributed by atoms with Crippen molar-refractivity contribution in [2.45, 2.75) is 201 Å². The first kappa shape index (κ1) is 40.2. The summed E-state index contributed by atoms with van der Waals surface area (Å²) in [5.74, 6) is -0.220. The number of carbonyl (C=O) groups is 2.